The van der Waals surface area contributed by atoms with Crippen molar-refractivity contribution >= 4 is 11.7 Å². The molecule has 0 aromatic carbocycles. The molecule has 4 atom stereocenters. The average Bonchev–Trinajstić information content (AvgIpc) is 3.46. The lowest BCUT2D eigenvalue weighted by molar-refractivity contribution is 0.0591. The molecule has 1 aliphatic heterocycles. The molecular weight excluding hydrogens is 366 g/mol. The van der Waals surface area contributed by atoms with E-state index in [2.05, 4.69) is 32.4 Å². The number of carbonyl (C=O) groups excluding carboxylic acids is 1. The maximum atomic E-state index is 13.6. The highest BCUT2D eigenvalue weighted by Crippen LogP contribution is 2.44. The third-order valence-corrected chi connectivity index (χ3v) is 6.15. The molecule has 8 nitrogen and oxygen atoms in total. The standard InChI is InChI=1S/C21H23N7O/c1-13-5-6-19(23-12-13)26-16-10-15-11-18(16)27(14(15)2)21(29)20-17(4-3-7-22-20)28-24-8-9-25-28/h3-9,12,14-16,18H,10-11H2,1-2H3,(H,23,26). The van der Waals surface area contributed by atoms with Crippen LogP contribution in [0.1, 0.15) is 35.8 Å². The van der Waals surface area contributed by atoms with Gasteiger partial charge in [0.05, 0.1) is 18.4 Å². The number of pyridine rings is 2. The van der Waals surface area contributed by atoms with Crippen LogP contribution in [0.2, 0.25) is 0 Å². The Kier molecular flexibility index (Phi) is 4.26. The van der Waals surface area contributed by atoms with Crippen molar-refractivity contribution in [3.05, 3.63) is 60.3 Å². The largest absolute Gasteiger partial charge is 0.365 e. The van der Waals surface area contributed by atoms with Gasteiger partial charge in [-0.1, -0.05) is 6.07 Å². The van der Waals surface area contributed by atoms with Crippen LogP contribution >= 0.6 is 0 Å². The fraction of sp³-hybridized carbons (Fsp3) is 0.381. The summed E-state index contributed by atoms with van der Waals surface area (Å²) in [6.45, 7) is 4.16. The predicted octanol–water partition coefficient (Wildman–Crippen LogP) is 2.47. The van der Waals surface area contributed by atoms with Crippen LogP contribution < -0.4 is 5.32 Å². The molecule has 8 heteroatoms. The Morgan fingerprint density at radius 3 is 2.66 bits per heavy atom. The van der Waals surface area contributed by atoms with Crippen molar-refractivity contribution in [1.82, 2.24) is 29.9 Å². The number of nitrogens with one attached hydrogen (secondary N) is 1. The topological polar surface area (TPSA) is 88.8 Å². The van der Waals surface area contributed by atoms with Crippen LogP contribution in [0.15, 0.2) is 49.1 Å². The van der Waals surface area contributed by atoms with E-state index in [1.54, 1.807) is 24.7 Å². The van der Waals surface area contributed by atoms with Gasteiger partial charge in [-0.05, 0) is 56.4 Å². The zero-order valence-corrected chi connectivity index (χ0v) is 16.4. The molecule has 4 heterocycles. The fourth-order valence-corrected chi connectivity index (χ4v) is 4.70. The second-order valence-electron chi connectivity index (χ2n) is 7.91. The van der Waals surface area contributed by atoms with Gasteiger partial charge >= 0.3 is 0 Å². The molecule has 2 fully saturated rings. The van der Waals surface area contributed by atoms with Crippen molar-refractivity contribution in [2.45, 2.75) is 44.8 Å². The minimum Gasteiger partial charge on any atom is -0.365 e. The minimum absolute atomic E-state index is 0.0683. The monoisotopic (exact) mass is 389 g/mol. The van der Waals surface area contributed by atoms with Crippen LogP contribution in [0.4, 0.5) is 5.82 Å². The van der Waals surface area contributed by atoms with E-state index < -0.39 is 0 Å². The van der Waals surface area contributed by atoms with Gasteiger partial charge in [-0.15, -0.1) is 4.80 Å². The molecule has 1 amide bonds. The molecule has 3 aromatic heterocycles. The van der Waals surface area contributed by atoms with Crippen molar-refractivity contribution in [3.63, 3.8) is 0 Å². The van der Waals surface area contributed by atoms with Gasteiger partial charge in [0.25, 0.3) is 5.91 Å². The molecule has 0 radical (unpaired) electrons. The van der Waals surface area contributed by atoms with Crippen molar-refractivity contribution in [2.24, 2.45) is 5.92 Å². The zero-order chi connectivity index (χ0) is 20.0. The van der Waals surface area contributed by atoms with E-state index in [1.165, 1.54) is 4.80 Å². The fourth-order valence-electron chi connectivity index (χ4n) is 4.70. The smallest absolute Gasteiger partial charge is 0.275 e. The summed E-state index contributed by atoms with van der Waals surface area (Å²) in [5.41, 5.74) is 2.11. The van der Waals surface area contributed by atoms with Crippen LogP contribution in [0, 0.1) is 12.8 Å². The predicted molar refractivity (Wildman–Crippen MR) is 108 cm³/mol. The van der Waals surface area contributed by atoms with Crippen molar-refractivity contribution in [2.75, 3.05) is 5.32 Å². The molecule has 4 unspecified atom stereocenters. The number of amides is 1. The van der Waals surface area contributed by atoms with E-state index in [4.69, 9.17) is 0 Å². The Balaban J connectivity index is 1.42. The number of likely N-dealkylation sites (tertiary alicyclic amines) is 1. The summed E-state index contributed by atoms with van der Waals surface area (Å²) in [6, 6.07) is 8.14. The molecule has 1 N–H and O–H groups in total. The first-order valence-electron chi connectivity index (χ1n) is 9.95. The molecule has 2 bridgehead atoms. The van der Waals surface area contributed by atoms with Crippen LogP contribution in [-0.2, 0) is 0 Å². The first kappa shape index (κ1) is 17.8. The lowest BCUT2D eigenvalue weighted by atomic mass is 9.97. The molecule has 1 saturated heterocycles. The lowest BCUT2D eigenvalue weighted by Crippen LogP contribution is -2.52. The Bertz CT molecular complexity index is 1020. The number of fused-ring (bicyclic) bond motifs is 2. The molecular formula is C21H23N7O. The van der Waals surface area contributed by atoms with Gasteiger partial charge in [-0.3, -0.25) is 4.79 Å². The number of nitrogens with zero attached hydrogens (tertiary/aromatic N) is 6. The summed E-state index contributed by atoms with van der Waals surface area (Å²) in [4.78, 5) is 25.9. The first-order chi connectivity index (χ1) is 14.1. The summed E-state index contributed by atoms with van der Waals surface area (Å²) in [5, 5.41) is 11.9. The third-order valence-electron chi connectivity index (χ3n) is 6.15. The molecule has 1 saturated carbocycles. The Morgan fingerprint density at radius 2 is 1.93 bits per heavy atom. The normalized spacial score (nSPS) is 25.4. The maximum absolute atomic E-state index is 13.6. The molecule has 2 aliphatic rings. The van der Waals surface area contributed by atoms with Crippen LogP contribution in [0.3, 0.4) is 0 Å². The zero-order valence-electron chi connectivity index (χ0n) is 16.4. The van der Waals surface area contributed by atoms with Gasteiger partial charge in [0.15, 0.2) is 5.69 Å². The number of hydrogen-bond donors (Lipinski definition) is 1. The van der Waals surface area contributed by atoms with Gasteiger partial charge in [0, 0.05) is 24.5 Å². The minimum atomic E-state index is -0.0683. The van der Waals surface area contributed by atoms with Gasteiger partial charge in [-0.25, -0.2) is 9.97 Å². The first-order valence-corrected chi connectivity index (χ1v) is 9.95. The number of hydrogen-bond acceptors (Lipinski definition) is 6. The number of aromatic nitrogens is 5. The molecule has 1 aliphatic carbocycles. The highest BCUT2D eigenvalue weighted by Gasteiger charge is 2.52. The van der Waals surface area contributed by atoms with E-state index in [-0.39, 0.29) is 24.0 Å². The molecule has 148 valence electrons. The Hall–Kier alpha value is -3.29. The summed E-state index contributed by atoms with van der Waals surface area (Å²) in [5.74, 6) is 1.26. The van der Waals surface area contributed by atoms with E-state index >= 15 is 0 Å². The summed E-state index contributed by atoms with van der Waals surface area (Å²) < 4.78 is 0. The SMILES string of the molecule is Cc1ccc(NC2CC3CC2N(C(=O)c2ncccc2-n2nccn2)C3C)nc1. The number of aryl methyl sites for hydroxylation is 1. The van der Waals surface area contributed by atoms with E-state index in [1.807, 2.05) is 36.2 Å². The summed E-state index contributed by atoms with van der Waals surface area (Å²) >= 11 is 0. The maximum Gasteiger partial charge on any atom is 0.275 e. The molecule has 29 heavy (non-hydrogen) atoms. The highest BCUT2D eigenvalue weighted by molar-refractivity contribution is 5.96. The Labute approximate surface area is 169 Å². The van der Waals surface area contributed by atoms with Crippen LogP contribution in [0.25, 0.3) is 5.69 Å². The molecule has 3 aromatic rings. The van der Waals surface area contributed by atoms with Crippen molar-refractivity contribution < 1.29 is 4.79 Å². The van der Waals surface area contributed by atoms with Crippen LogP contribution in [0.5, 0.6) is 0 Å². The summed E-state index contributed by atoms with van der Waals surface area (Å²) in [6.07, 6.45) is 8.73. The number of anilines is 1. The van der Waals surface area contributed by atoms with Gasteiger partial charge in [-0.2, -0.15) is 10.2 Å². The number of carbonyl (C=O) groups is 1. The lowest BCUT2D eigenvalue weighted by Gasteiger charge is -2.38. The van der Waals surface area contributed by atoms with Crippen molar-refractivity contribution in [1.29, 1.82) is 0 Å². The van der Waals surface area contributed by atoms with Gasteiger partial charge in [0.1, 0.15) is 11.5 Å². The molecule has 0 spiro atoms. The quantitative estimate of drug-likeness (QED) is 0.737. The van der Waals surface area contributed by atoms with E-state index in [9.17, 15) is 4.79 Å². The van der Waals surface area contributed by atoms with Crippen LogP contribution in [-0.4, -0.2) is 53.9 Å². The number of piperidine rings is 1. The third kappa shape index (κ3) is 3.04. The second-order valence-corrected chi connectivity index (χ2v) is 7.91. The average molecular weight is 389 g/mol. The van der Waals surface area contributed by atoms with Gasteiger partial charge in [0.2, 0.25) is 0 Å². The van der Waals surface area contributed by atoms with Gasteiger partial charge < -0.3 is 10.2 Å². The Morgan fingerprint density at radius 1 is 1.10 bits per heavy atom. The van der Waals surface area contributed by atoms with E-state index in [0.717, 1.165) is 24.2 Å². The second kappa shape index (κ2) is 6.95. The molecule has 5 rings (SSSR count). The highest BCUT2D eigenvalue weighted by atomic mass is 16.2. The van der Waals surface area contributed by atoms with E-state index in [0.29, 0.717) is 17.3 Å². The van der Waals surface area contributed by atoms with Crippen molar-refractivity contribution in [3.8, 4) is 5.69 Å². The number of rotatable bonds is 4. The summed E-state index contributed by atoms with van der Waals surface area (Å²) in [7, 11) is 0.